The van der Waals surface area contributed by atoms with Crippen LogP contribution >= 0.6 is 11.6 Å². The van der Waals surface area contributed by atoms with E-state index in [0.29, 0.717) is 22.9 Å². The molecule has 1 amide bonds. The van der Waals surface area contributed by atoms with E-state index in [0.717, 1.165) is 11.3 Å². The molecule has 100 valence electrons. The van der Waals surface area contributed by atoms with Crippen LogP contribution in [0.5, 0.6) is 5.75 Å². The first-order valence-electron chi connectivity index (χ1n) is 5.72. The largest absolute Gasteiger partial charge is 0.496 e. The minimum absolute atomic E-state index is 0.214. The van der Waals surface area contributed by atoms with Gasteiger partial charge in [-0.25, -0.2) is 0 Å². The molecule has 1 aromatic carbocycles. The van der Waals surface area contributed by atoms with Crippen molar-refractivity contribution in [2.75, 3.05) is 7.11 Å². The lowest BCUT2D eigenvalue weighted by Crippen LogP contribution is -2.23. The van der Waals surface area contributed by atoms with Crippen molar-refractivity contribution >= 4 is 17.5 Å². The van der Waals surface area contributed by atoms with Crippen LogP contribution in [0.1, 0.15) is 21.6 Å². The van der Waals surface area contributed by atoms with Crippen molar-refractivity contribution in [2.24, 2.45) is 0 Å². The van der Waals surface area contributed by atoms with Crippen molar-refractivity contribution in [3.05, 3.63) is 46.2 Å². The van der Waals surface area contributed by atoms with Crippen molar-refractivity contribution < 1.29 is 9.53 Å². The quantitative estimate of drug-likeness (QED) is 0.902. The lowest BCUT2D eigenvalue weighted by atomic mass is 10.2. The number of halogens is 1. The third-order valence-corrected chi connectivity index (χ3v) is 3.02. The zero-order valence-corrected chi connectivity index (χ0v) is 11.4. The highest BCUT2D eigenvalue weighted by molar-refractivity contribution is 6.30. The van der Waals surface area contributed by atoms with Crippen LogP contribution in [0.15, 0.2) is 24.4 Å². The molecule has 0 aliphatic heterocycles. The first-order valence-corrected chi connectivity index (χ1v) is 6.10. The summed E-state index contributed by atoms with van der Waals surface area (Å²) in [5.41, 5.74) is 2.33. The van der Waals surface area contributed by atoms with Crippen molar-refractivity contribution in [3.63, 3.8) is 0 Å². The number of carbonyl (C=O) groups is 1. The Hall–Kier alpha value is -2.01. The van der Waals surface area contributed by atoms with Gasteiger partial charge in [0.1, 0.15) is 5.75 Å². The topological polar surface area (TPSA) is 67.0 Å². The molecular formula is C13H14ClN3O2. The van der Waals surface area contributed by atoms with Gasteiger partial charge in [0.25, 0.3) is 5.91 Å². The van der Waals surface area contributed by atoms with Gasteiger partial charge in [-0.15, -0.1) is 0 Å². The zero-order valence-electron chi connectivity index (χ0n) is 10.7. The van der Waals surface area contributed by atoms with Gasteiger partial charge in [0.15, 0.2) is 0 Å². The molecule has 0 atom stereocenters. The molecule has 0 saturated carbocycles. The summed E-state index contributed by atoms with van der Waals surface area (Å²) in [6.45, 7) is 2.31. The number of hydrogen-bond acceptors (Lipinski definition) is 3. The number of aromatic amines is 1. The molecule has 0 aliphatic rings. The molecule has 0 aliphatic carbocycles. The van der Waals surface area contributed by atoms with Crippen LogP contribution in [-0.4, -0.2) is 23.2 Å². The van der Waals surface area contributed by atoms with Gasteiger partial charge in [-0.3, -0.25) is 9.89 Å². The van der Waals surface area contributed by atoms with Crippen molar-refractivity contribution in [3.8, 4) is 5.75 Å². The van der Waals surface area contributed by atoms with E-state index >= 15 is 0 Å². The van der Waals surface area contributed by atoms with E-state index in [9.17, 15) is 4.79 Å². The number of aryl methyl sites for hydroxylation is 1. The Morgan fingerprint density at radius 3 is 2.95 bits per heavy atom. The van der Waals surface area contributed by atoms with E-state index in [-0.39, 0.29) is 5.91 Å². The lowest BCUT2D eigenvalue weighted by molar-refractivity contribution is 0.0948. The Bertz CT molecular complexity index is 595. The summed E-state index contributed by atoms with van der Waals surface area (Å²) >= 11 is 5.86. The summed E-state index contributed by atoms with van der Waals surface area (Å²) in [6, 6.07) is 4.90. The van der Waals surface area contributed by atoms with Crippen LogP contribution < -0.4 is 10.1 Å². The van der Waals surface area contributed by atoms with Crippen LogP contribution in [0.4, 0.5) is 0 Å². The molecule has 0 fully saturated rings. The smallest absolute Gasteiger partial charge is 0.255 e. The average molecular weight is 280 g/mol. The number of ether oxygens (including phenoxy) is 1. The highest BCUT2D eigenvalue weighted by Crippen LogP contribution is 2.23. The van der Waals surface area contributed by atoms with E-state index in [1.807, 2.05) is 6.92 Å². The fraction of sp³-hybridized carbons (Fsp3) is 0.231. The first kappa shape index (κ1) is 13.4. The molecule has 1 heterocycles. The number of aromatic nitrogens is 2. The zero-order chi connectivity index (χ0) is 13.8. The Balaban J connectivity index is 2.10. The maximum absolute atomic E-state index is 12.1. The third-order valence-electron chi connectivity index (χ3n) is 2.78. The van der Waals surface area contributed by atoms with Gasteiger partial charge < -0.3 is 10.1 Å². The molecule has 0 spiro atoms. The van der Waals surface area contributed by atoms with Gasteiger partial charge in [0.2, 0.25) is 0 Å². The summed E-state index contributed by atoms with van der Waals surface area (Å²) in [6.07, 6.45) is 1.69. The predicted octanol–water partition coefficient (Wildman–Crippen LogP) is 2.31. The molecule has 2 N–H and O–H groups in total. The van der Waals surface area contributed by atoms with Crippen LogP contribution in [0, 0.1) is 6.92 Å². The van der Waals surface area contributed by atoms with E-state index in [2.05, 4.69) is 15.5 Å². The van der Waals surface area contributed by atoms with Gasteiger partial charge in [-0.2, -0.15) is 5.10 Å². The lowest BCUT2D eigenvalue weighted by Gasteiger charge is -2.09. The molecule has 6 heteroatoms. The molecule has 0 saturated heterocycles. The van der Waals surface area contributed by atoms with Gasteiger partial charge >= 0.3 is 0 Å². The molecule has 2 rings (SSSR count). The van der Waals surface area contributed by atoms with Crippen LogP contribution in [0.2, 0.25) is 5.02 Å². The predicted molar refractivity (Wildman–Crippen MR) is 72.5 cm³/mol. The molecule has 2 aromatic rings. The Kier molecular flexibility index (Phi) is 4.06. The number of methoxy groups -OCH3 is 1. The SMILES string of the molecule is COc1cc(Cl)ccc1C(=O)NCc1cn[nH]c1C. The number of nitrogens with one attached hydrogen (secondary N) is 2. The first-order chi connectivity index (χ1) is 9.11. The minimum atomic E-state index is -0.214. The summed E-state index contributed by atoms with van der Waals surface area (Å²) < 4.78 is 5.14. The molecule has 0 unspecified atom stereocenters. The van der Waals surface area contributed by atoms with E-state index in [4.69, 9.17) is 16.3 Å². The number of rotatable bonds is 4. The standard InChI is InChI=1S/C13H14ClN3O2/c1-8-9(7-16-17-8)6-15-13(18)11-4-3-10(14)5-12(11)19-2/h3-5,7H,6H2,1-2H3,(H,15,18)(H,16,17). The van der Waals surface area contributed by atoms with Gasteiger partial charge in [-0.05, 0) is 25.1 Å². The normalized spacial score (nSPS) is 10.3. The molecule has 5 nitrogen and oxygen atoms in total. The van der Waals surface area contributed by atoms with E-state index in [1.54, 1.807) is 24.4 Å². The van der Waals surface area contributed by atoms with Crippen molar-refractivity contribution in [2.45, 2.75) is 13.5 Å². The summed E-state index contributed by atoms with van der Waals surface area (Å²) in [4.78, 5) is 12.1. The summed E-state index contributed by atoms with van der Waals surface area (Å²) in [5.74, 6) is 0.239. The minimum Gasteiger partial charge on any atom is -0.496 e. The van der Waals surface area contributed by atoms with Crippen LogP contribution in [0.3, 0.4) is 0 Å². The number of H-pyrrole nitrogens is 1. The second-order valence-electron chi connectivity index (χ2n) is 4.05. The fourth-order valence-electron chi connectivity index (χ4n) is 1.68. The Morgan fingerprint density at radius 1 is 1.53 bits per heavy atom. The summed E-state index contributed by atoms with van der Waals surface area (Å²) in [7, 11) is 1.50. The van der Waals surface area contributed by atoms with Crippen LogP contribution in [0.25, 0.3) is 0 Å². The molecule has 0 bridgehead atoms. The summed E-state index contributed by atoms with van der Waals surface area (Å²) in [5, 5.41) is 10.1. The van der Waals surface area contributed by atoms with Crippen molar-refractivity contribution in [1.29, 1.82) is 0 Å². The van der Waals surface area contributed by atoms with Crippen LogP contribution in [-0.2, 0) is 6.54 Å². The number of carbonyl (C=O) groups excluding carboxylic acids is 1. The highest BCUT2D eigenvalue weighted by Gasteiger charge is 2.13. The highest BCUT2D eigenvalue weighted by atomic mass is 35.5. The third kappa shape index (κ3) is 3.06. The Morgan fingerprint density at radius 2 is 2.32 bits per heavy atom. The number of nitrogens with zero attached hydrogens (tertiary/aromatic N) is 1. The van der Waals surface area contributed by atoms with E-state index < -0.39 is 0 Å². The second kappa shape index (κ2) is 5.75. The maximum atomic E-state index is 12.1. The molecule has 1 aromatic heterocycles. The second-order valence-corrected chi connectivity index (χ2v) is 4.48. The monoisotopic (exact) mass is 279 g/mol. The average Bonchev–Trinajstić information content (AvgIpc) is 2.81. The van der Waals surface area contributed by atoms with E-state index in [1.165, 1.54) is 7.11 Å². The number of hydrogen-bond donors (Lipinski definition) is 2. The number of benzene rings is 1. The Labute approximate surface area is 115 Å². The molecule has 0 radical (unpaired) electrons. The van der Waals surface area contributed by atoms with Gasteiger partial charge in [0, 0.05) is 22.8 Å². The fourth-order valence-corrected chi connectivity index (χ4v) is 1.84. The number of amides is 1. The van der Waals surface area contributed by atoms with Gasteiger partial charge in [0.05, 0.1) is 18.9 Å². The molecule has 19 heavy (non-hydrogen) atoms. The van der Waals surface area contributed by atoms with Gasteiger partial charge in [-0.1, -0.05) is 11.6 Å². The van der Waals surface area contributed by atoms with Crippen molar-refractivity contribution in [1.82, 2.24) is 15.5 Å². The molecular weight excluding hydrogens is 266 g/mol. The maximum Gasteiger partial charge on any atom is 0.255 e.